The van der Waals surface area contributed by atoms with E-state index in [4.69, 9.17) is 0 Å². The van der Waals surface area contributed by atoms with E-state index in [2.05, 4.69) is 4.74 Å². The third-order valence-electron chi connectivity index (χ3n) is 2.60. The second-order valence-electron chi connectivity index (χ2n) is 4.41. The van der Waals surface area contributed by atoms with Gasteiger partial charge in [0.1, 0.15) is 23.8 Å². The Morgan fingerprint density at radius 3 is 2.58 bits per heavy atom. The Morgan fingerprint density at radius 2 is 2.00 bits per heavy atom. The second-order valence-corrected chi connectivity index (χ2v) is 4.41. The molecule has 1 aromatic heterocycles. The number of imidazole rings is 1. The van der Waals surface area contributed by atoms with Crippen molar-refractivity contribution in [2.75, 3.05) is 0 Å². The van der Waals surface area contributed by atoms with Crippen LogP contribution in [0.2, 0.25) is 0 Å². The normalized spacial score (nSPS) is 11.9. The first-order chi connectivity index (χ1) is 8.85. The van der Waals surface area contributed by atoms with Crippen LogP contribution in [-0.4, -0.2) is 10.9 Å². The molecule has 0 bridgehead atoms. The average molecular weight is 271 g/mol. The summed E-state index contributed by atoms with van der Waals surface area (Å²) in [4.78, 5) is 0. The van der Waals surface area contributed by atoms with E-state index < -0.39 is 6.36 Å². The van der Waals surface area contributed by atoms with Gasteiger partial charge in [-0.2, -0.15) is 0 Å². The monoisotopic (exact) mass is 271 g/mol. The van der Waals surface area contributed by atoms with Crippen LogP contribution in [0, 0.1) is 0 Å². The molecule has 0 fully saturated rings. The third kappa shape index (κ3) is 3.49. The highest BCUT2D eigenvalue weighted by Gasteiger charge is 2.31. The summed E-state index contributed by atoms with van der Waals surface area (Å²) in [7, 11) is 0. The quantitative estimate of drug-likeness (QED) is 0.784. The van der Waals surface area contributed by atoms with E-state index in [1.807, 2.05) is 30.9 Å². The zero-order valence-electron chi connectivity index (χ0n) is 10.6. The van der Waals surface area contributed by atoms with Crippen molar-refractivity contribution in [2.45, 2.75) is 26.3 Å². The van der Waals surface area contributed by atoms with Crippen LogP contribution >= 0.6 is 0 Å². The molecule has 0 unspecified atom stereocenters. The summed E-state index contributed by atoms with van der Waals surface area (Å²) in [6, 6.07) is 6.15. The van der Waals surface area contributed by atoms with Crippen molar-refractivity contribution in [1.29, 1.82) is 0 Å². The van der Waals surface area contributed by atoms with E-state index in [9.17, 15) is 13.2 Å². The number of aromatic nitrogens is 2. The van der Waals surface area contributed by atoms with Crippen LogP contribution < -0.4 is 9.30 Å². The lowest BCUT2D eigenvalue weighted by Gasteiger charge is -2.08. The van der Waals surface area contributed by atoms with Gasteiger partial charge in [0.05, 0.1) is 6.04 Å². The fourth-order valence-electron chi connectivity index (χ4n) is 1.67. The predicted molar refractivity (Wildman–Crippen MR) is 63.0 cm³/mol. The Morgan fingerprint density at radius 1 is 1.26 bits per heavy atom. The lowest BCUT2D eigenvalue weighted by atomic mass is 10.3. The molecule has 1 heterocycles. The van der Waals surface area contributed by atoms with Gasteiger partial charge in [0.15, 0.2) is 0 Å². The molecule has 0 radical (unpaired) electrons. The molecule has 0 aliphatic rings. The summed E-state index contributed by atoms with van der Waals surface area (Å²) in [5, 5.41) is 0. The molecule has 0 saturated carbocycles. The summed E-state index contributed by atoms with van der Waals surface area (Å²) in [6.45, 7) is 4.04. The fourth-order valence-corrected chi connectivity index (χ4v) is 1.67. The maximum absolute atomic E-state index is 12.2. The van der Waals surface area contributed by atoms with Gasteiger partial charge in [-0.3, -0.25) is 0 Å². The van der Waals surface area contributed by atoms with Gasteiger partial charge in [-0.15, -0.1) is 13.2 Å². The number of nitrogens with zero attached hydrogens (tertiary/aromatic N) is 2. The molecule has 0 spiro atoms. The number of halogens is 3. The summed E-state index contributed by atoms with van der Waals surface area (Å²) in [5.74, 6) is -0.227. The van der Waals surface area contributed by atoms with Crippen molar-refractivity contribution in [1.82, 2.24) is 4.57 Å². The zero-order chi connectivity index (χ0) is 14.0. The number of benzene rings is 1. The maximum Gasteiger partial charge on any atom is 0.573 e. The van der Waals surface area contributed by atoms with E-state index in [-0.39, 0.29) is 11.8 Å². The molecule has 2 rings (SSSR count). The van der Waals surface area contributed by atoms with Crippen LogP contribution in [0.4, 0.5) is 13.2 Å². The first-order valence-corrected chi connectivity index (χ1v) is 5.80. The van der Waals surface area contributed by atoms with Gasteiger partial charge in [0.25, 0.3) is 0 Å². The molecule has 0 aliphatic carbocycles. The van der Waals surface area contributed by atoms with Gasteiger partial charge in [0.2, 0.25) is 6.33 Å². The van der Waals surface area contributed by atoms with Gasteiger partial charge in [-0.05, 0) is 26.0 Å². The van der Waals surface area contributed by atoms with Crippen LogP contribution in [0.1, 0.15) is 19.9 Å². The van der Waals surface area contributed by atoms with Crippen molar-refractivity contribution < 1.29 is 22.5 Å². The Labute approximate surface area is 108 Å². The molecule has 6 heteroatoms. The van der Waals surface area contributed by atoms with Crippen LogP contribution in [0.3, 0.4) is 0 Å². The Bertz CT molecular complexity index is 561. The topological polar surface area (TPSA) is 18.0 Å². The minimum Gasteiger partial charge on any atom is -0.406 e. The van der Waals surface area contributed by atoms with Crippen molar-refractivity contribution >= 4 is 0 Å². The average Bonchev–Trinajstić information content (AvgIpc) is 2.76. The summed E-state index contributed by atoms with van der Waals surface area (Å²) < 4.78 is 44.0. The van der Waals surface area contributed by atoms with E-state index in [0.717, 1.165) is 0 Å². The zero-order valence-corrected chi connectivity index (χ0v) is 10.6. The highest BCUT2D eigenvalue weighted by molar-refractivity contribution is 5.38. The number of alkyl halides is 3. The van der Waals surface area contributed by atoms with Gasteiger partial charge in [0, 0.05) is 6.07 Å². The Balaban J connectivity index is 2.27. The van der Waals surface area contributed by atoms with Crippen LogP contribution in [0.5, 0.6) is 5.75 Å². The smallest absolute Gasteiger partial charge is 0.406 e. The van der Waals surface area contributed by atoms with E-state index in [1.165, 1.54) is 18.2 Å². The van der Waals surface area contributed by atoms with E-state index >= 15 is 0 Å². The third-order valence-corrected chi connectivity index (χ3v) is 2.60. The van der Waals surface area contributed by atoms with Crippen LogP contribution in [0.25, 0.3) is 5.69 Å². The molecule has 0 amide bonds. The molecular formula is C13H14F3N2O+. The molecule has 0 saturated heterocycles. The lowest BCUT2D eigenvalue weighted by Crippen LogP contribution is -2.33. The molecule has 2 aromatic rings. The summed E-state index contributed by atoms with van der Waals surface area (Å²) in [6.07, 6.45) is 0.791. The molecule has 0 N–H and O–H groups in total. The van der Waals surface area contributed by atoms with Gasteiger partial charge in [-0.1, -0.05) is 6.07 Å². The Hall–Kier alpha value is -1.98. The van der Waals surface area contributed by atoms with Crippen molar-refractivity contribution in [3.63, 3.8) is 0 Å². The lowest BCUT2D eigenvalue weighted by molar-refractivity contribution is -0.715. The minimum absolute atomic E-state index is 0.227. The number of ether oxygens (including phenoxy) is 1. The predicted octanol–water partition coefficient (Wildman–Crippen LogP) is 3.24. The van der Waals surface area contributed by atoms with Crippen molar-refractivity contribution in [3.8, 4) is 11.4 Å². The highest BCUT2D eigenvalue weighted by Crippen LogP contribution is 2.24. The summed E-state index contributed by atoms with van der Waals surface area (Å²) in [5.41, 5.74) is 0.612. The largest absolute Gasteiger partial charge is 0.573 e. The number of rotatable bonds is 3. The van der Waals surface area contributed by atoms with Crippen LogP contribution in [0.15, 0.2) is 43.0 Å². The minimum atomic E-state index is -4.67. The molecule has 3 nitrogen and oxygen atoms in total. The highest BCUT2D eigenvalue weighted by atomic mass is 19.4. The van der Waals surface area contributed by atoms with E-state index in [0.29, 0.717) is 5.69 Å². The molecular weight excluding hydrogens is 257 g/mol. The maximum atomic E-state index is 12.2. The van der Waals surface area contributed by atoms with Gasteiger partial charge >= 0.3 is 6.36 Å². The SMILES string of the molecule is CC(C)[n+]1ccn(-c2cccc(OC(F)(F)F)c2)c1. The molecule has 102 valence electrons. The first kappa shape index (κ1) is 13.5. The number of hydrogen-bond donors (Lipinski definition) is 0. The molecule has 19 heavy (non-hydrogen) atoms. The van der Waals surface area contributed by atoms with E-state index in [1.54, 1.807) is 16.8 Å². The van der Waals surface area contributed by atoms with Crippen molar-refractivity contribution in [2.24, 2.45) is 0 Å². The standard InChI is InChI=1S/C13H14F3N2O/c1-10(2)17-6-7-18(9-17)11-4-3-5-12(8-11)19-13(14,15)16/h3-10H,1-2H3/q+1. The first-order valence-electron chi connectivity index (χ1n) is 5.80. The molecule has 0 aliphatic heterocycles. The molecule has 1 aromatic carbocycles. The number of hydrogen-bond acceptors (Lipinski definition) is 1. The summed E-state index contributed by atoms with van der Waals surface area (Å²) >= 11 is 0. The van der Waals surface area contributed by atoms with Gasteiger partial charge in [-0.25, -0.2) is 9.13 Å². The van der Waals surface area contributed by atoms with Crippen molar-refractivity contribution in [3.05, 3.63) is 43.0 Å². The second kappa shape index (κ2) is 4.95. The fraction of sp³-hybridized carbons (Fsp3) is 0.308. The molecule has 0 atom stereocenters. The van der Waals surface area contributed by atoms with Gasteiger partial charge < -0.3 is 4.74 Å². The Kier molecular flexibility index (Phi) is 3.50. The van der Waals surface area contributed by atoms with Crippen LogP contribution in [-0.2, 0) is 0 Å².